The third kappa shape index (κ3) is 5.02. The number of methoxy groups -OCH3 is 1. The molecule has 0 heterocycles. The highest BCUT2D eigenvalue weighted by Gasteiger charge is 2.11. The second-order valence-corrected chi connectivity index (χ2v) is 7.45. The van der Waals surface area contributed by atoms with Crippen LogP contribution in [0.25, 0.3) is 0 Å². The molecule has 0 saturated heterocycles. The van der Waals surface area contributed by atoms with Gasteiger partial charge in [-0.2, -0.15) is 0 Å². The molecule has 0 aromatic heterocycles. The average Bonchev–Trinajstić information content (AvgIpc) is 2.68. The zero-order valence-electron chi connectivity index (χ0n) is 14.8. The summed E-state index contributed by atoms with van der Waals surface area (Å²) in [7, 11) is 1.58. The summed E-state index contributed by atoms with van der Waals surface area (Å²) in [5.41, 5.74) is 2.04. The van der Waals surface area contributed by atoms with Crippen molar-refractivity contribution in [1.29, 1.82) is 0 Å². The van der Waals surface area contributed by atoms with E-state index in [1.54, 1.807) is 73.8 Å². The lowest BCUT2D eigenvalue weighted by Crippen LogP contribution is -2.14. The van der Waals surface area contributed by atoms with Crippen molar-refractivity contribution in [2.75, 3.05) is 17.7 Å². The number of ether oxygens (including phenoxy) is 1. The molecule has 0 aliphatic rings. The lowest BCUT2D eigenvalue weighted by Gasteiger charge is -2.10. The van der Waals surface area contributed by atoms with E-state index in [-0.39, 0.29) is 11.8 Å². The minimum Gasteiger partial charge on any atom is -0.496 e. The summed E-state index contributed by atoms with van der Waals surface area (Å²) in [5.74, 6) is 0.141. The summed E-state index contributed by atoms with van der Waals surface area (Å²) in [6, 6.07) is 18.8. The van der Waals surface area contributed by atoms with Crippen LogP contribution in [-0.2, 0) is 0 Å². The van der Waals surface area contributed by atoms with Crippen LogP contribution in [0, 0.1) is 3.57 Å². The lowest BCUT2D eigenvalue weighted by atomic mass is 10.1. The second-order valence-electron chi connectivity index (χ2n) is 5.85. The van der Waals surface area contributed by atoms with Crippen LogP contribution in [0.3, 0.4) is 0 Å². The van der Waals surface area contributed by atoms with Crippen molar-refractivity contribution in [1.82, 2.24) is 0 Å². The number of halogens is 2. The second kappa shape index (κ2) is 9.07. The number of hydrogen-bond donors (Lipinski definition) is 2. The van der Waals surface area contributed by atoms with Crippen LogP contribution in [-0.4, -0.2) is 18.9 Å². The van der Waals surface area contributed by atoms with E-state index >= 15 is 0 Å². The van der Waals surface area contributed by atoms with E-state index in [9.17, 15) is 9.59 Å². The lowest BCUT2D eigenvalue weighted by molar-refractivity contribution is 0.101. The Hall–Kier alpha value is -2.58. The zero-order chi connectivity index (χ0) is 20.1. The van der Waals surface area contributed by atoms with Crippen LogP contribution in [0.15, 0.2) is 66.7 Å². The molecule has 7 heteroatoms. The van der Waals surface area contributed by atoms with Gasteiger partial charge in [-0.3, -0.25) is 9.59 Å². The molecule has 0 unspecified atom stereocenters. The van der Waals surface area contributed by atoms with Crippen LogP contribution in [0.2, 0.25) is 5.02 Å². The average molecular weight is 507 g/mol. The molecule has 3 aromatic carbocycles. The van der Waals surface area contributed by atoms with Gasteiger partial charge in [-0.05, 0) is 77.2 Å². The van der Waals surface area contributed by atoms with Crippen molar-refractivity contribution in [2.45, 2.75) is 0 Å². The Morgan fingerprint density at radius 2 is 1.46 bits per heavy atom. The predicted molar refractivity (Wildman–Crippen MR) is 120 cm³/mol. The van der Waals surface area contributed by atoms with Gasteiger partial charge in [-0.1, -0.05) is 23.7 Å². The standard InChI is InChI=1S/C21H16ClIN2O3/c1-28-19-9-8-14(11-18(19)23)21(27)24-16-6-2-4-13(10-16)20(26)25-17-7-3-5-15(22)12-17/h2-12H,1H3,(H,24,27)(H,25,26). The van der Waals surface area contributed by atoms with Crippen molar-refractivity contribution < 1.29 is 14.3 Å². The molecule has 0 aliphatic heterocycles. The van der Waals surface area contributed by atoms with Gasteiger partial charge in [0.2, 0.25) is 0 Å². The summed E-state index contributed by atoms with van der Waals surface area (Å²) >= 11 is 8.05. The quantitative estimate of drug-likeness (QED) is 0.452. The van der Waals surface area contributed by atoms with Crippen LogP contribution >= 0.6 is 34.2 Å². The molecular weight excluding hydrogens is 491 g/mol. The van der Waals surface area contributed by atoms with Crippen LogP contribution < -0.4 is 15.4 Å². The first-order chi connectivity index (χ1) is 13.5. The molecule has 0 radical (unpaired) electrons. The highest BCUT2D eigenvalue weighted by atomic mass is 127. The Balaban J connectivity index is 1.73. The minimum atomic E-state index is -0.294. The van der Waals surface area contributed by atoms with Crippen LogP contribution in [0.1, 0.15) is 20.7 Å². The molecule has 0 spiro atoms. The Bertz CT molecular complexity index is 1040. The molecule has 3 aromatic rings. The highest BCUT2D eigenvalue weighted by molar-refractivity contribution is 14.1. The Morgan fingerprint density at radius 1 is 0.857 bits per heavy atom. The third-order valence-electron chi connectivity index (χ3n) is 3.88. The molecule has 0 fully saturated rings. The number of rotatable bonds is 5. The number of benzene rings is 3. The van der Waals surface area contributed by atoms with E-state index in [0.29, 0.717) is 33.3 Å². The first-order valence-corrected chi connectivity index (χ1v) is 9.74. The topological polar surface area (TPSA) is 67.4 Å². The largest absolute Gasteiger partial charge is 0.496 e. The first-order valence-electron chi connectivity index (χ1n) is 8.28. The number of anilines is 2. The minimum absolute atomic E-state index is 0.270. The number of nitrogens with one attached hydrogen (secondary N) is 2. The molecule has 3 rings (SSSR count). The number of carbonyl (C=O) groups excluding carboxylic acids is 2. The molecule has 2 amide bonds. The van der Waals surface area contributed by atoms with Crippen LogP contribution in [0.5, 0.6) is 5.75 Å². The molecular formula is C21H16ClIN2O3. The Morgan fingerprint density at radius 3 is 2.07 bits per heavy atom. The van der Waals surface area contributed by atoms with Crippen molar-refractivity contribution in [3.63, 3.8) is 0 Å². The van der Waals surface area contributed by atoms with Gasteiger partial charge in [-0.15, -0.1) is 0 Å². The van der Waals surface area contributed by atoms with E-state index in [0.717, 1.165) is 3.57 Å². The first kappa shape index (κ1) is 20.2. The maximum Gasteiger partial charge on any atom is 0.255 e. The van der Waals surface area contributed by atoms with Crippen molar-refractivity contribution in [3.8, 4) is 5.75 Å². The van der Waals surface area contributed by atoms with Gasteiger partial charge in [0.15, 0.2) is 0 Å². The third-order valence-corrected chi connectivity index (χ3v) is 4.96. The monoisotopic (exact) mass is 506 g/mol. The fourth-order valence-corrected chi connectivity index (χ4v) is 3.44. The van der Waals surface area contributed by atoms with E-state index in [1.807, 2.05) is 0 Å². The van der Waals surface area contributed by atoms with Gasteiger partial charge in [0.05, 0.1) is 10.7 Å². The summed E-state index contributed by atoms with van der Waals surface area (Å²) in [5, 5.41) is 6.12. The Labute approximate surface area is 181 Å². The van der Waals surface area contributed by atoms with Crippen LogP contribution in [0.4, 0.5) is 11.4 Å². The van der Waals surface area contributed by atoms with Crippen molar-refractivity contribution in [2.24, 2.45) is 0 Å². The summed E-state index contributed by atoms with van der Waals surface area (Å²) < 4.78 is 6.04. The SMILES string of the molecule is COc1ccc(C(=O)Nc2cccc(C(=O)Nc3cccc(Cl)c3)c2)cc1I. The van der Waals surface area contributed by atoms with Crippen molar-refractivity contribution >= 4 is 57.4 Å². The van der Waals surface area contributed by atoms with E-state index < -0.39 is 0 Å². The van der Waals surface area contributed by atoms with E-state index in [4.69, 9.17) is 16.3 Å². The molecule has 0 atom stereocenters. The van der Waals surface area contributed by atoms with E-state index in [1.165, 1.54) is 0 Å². The van der Waals surface area contributed by atoms with Gasteiger partial charge in [0.25, 0.3) is 11.8 Å². The van der Waals surface area contributed by atoms with Gasteiger partial charge in [0.1, 0.15) is 5.75 Å². The number of carbonyl (C=O) groups is 2. The molecule has 5 nitrogen and oxygen atoms in total. The maximum atomic E-state index is 12.5. The summed E-state index contributed by atoms with van der Waals surface area (Å²) in [4.78, 5) is 25.0. The maximum absolute atomic E-state index is 12.5. The molecule has 142 valence electrons. The molecule has 0 saturated carbocycles. The molecule has 28 heavy (non-hydrogen) atoms. The number of hydrogen-bond acceptors (Lipinski definition) is 3. The van der Waals surface area contributed by atoms with E-state index in [2.05, 4.69) is 33.2 Å². The predicted octanol–water partition coefficient (Wildman–Crippen LogP) is 5.46. The molecule has 0 aliphatic carbocycles. The summed E-state index contributed by atoms with van der Waals surface area (Å²) in [6.45, 7) is 0. The van der Waals surface area contributed by atoms with Crippen molar-refractivity contribution in [3.05, 3.63) is 86.4 Å². The Kier molecular flexibility index (Phi) is 6.53. The fraction of sp³-hybridized carbons (Fsp3) is 0.0476. The zero-order valence-corrected chi connectivity index (χ0v) is 17.7. The number of amides is 2. The smallest absolute Gasteiger partial charge is 0.255 e. The normalized spacial score (nSPS) is 10.2. The van der Waals surface area contributed by atoms with Gasteiger partial charge >= 0.3 is 0 Å². The summed E-state index contributed by atoms with van der Waals surface area (Å²) in [6.07, 6.45) is 0. The molecule has 0 bridgehead atoms. The van der Waals surface area contributed by atoms with Gasteiger partial charge < -0.3 is 15.4 Å². The highest BCUT2D eigenvalue weighted by Crippen LogP contribution is 2.22. The van der Waals surface area contributed by atoms with Gasteiger partial charge in [-0.25, -0.2) is 0 Å². The fourth-order valence-electron chi connectivity index (χ4n) is 2.52. The molecule has 2 N–H and O–H groups in total. The van der Waals surface area contributed by atoms with Gasteiger partial charge in [0, 0.05) is 27.5 Å².